The number of hydrogen-bond donors (Lipinski definition) is 0. The van der Waals surface area contributed by atoms with Crippen LogP contribution in [0.15, 0.2) is 52.4 Å². The molecule has 136 valence electrons. The Hall–Kier alpha value is -3.22. The van der Waals surface area contributed by atoms with Crippen molar-refractivity contribution < 1.29 is 9.13 Å². The summed E-state index contributed by atoms with van der Waals surface area (Å²) >= 11 is 0. The maximum atomic E-state index is 14.0. The van der Waals surface area contributed by atoms with Crippen LogP contribution in [0.25, 0.3) is 11.0 Å². The molecule has 1 aliphatic heterocycles. The van der Waals surface area contributed by atoms with Crippen LogP contribution in [-0.2, 0) is 0 Å². The Kier molecular flexibility index (Phi) is 3.67. The summed E-state index contributed by atoms with van der Waals surface area (Å²) < 4.78 is 21.2. The van der Waals surface area contributed by atoms with Crippen molar-refractivity contribution in [2.75, 3.05) is 18.7 Å². The summed E-state index contributed by atoms with van der Waals surface area (Å²) in [7, 11) is 1.64. The van der Waals surface area contributed by atoms with Crippen LogP contribution in [0.4, 0.5) is 10.1 Å². The van der Waals surface area contributed by atoms with Crippen LogP contribution in [-0.4, -0.2) is 35.6 Å². The van der Waals surface area contributed by atoms with Crippen LogP contribution < -0.4 is 9.64 Å². The monoisotopic (exact) mass is 363 g/mol. The number of fused-ring (bicyclic) bond motifs is 1. The standard InChI is InChI=1S/C20H18FN5O/c1-27-16-7-5-15(6-8-16)25-12-22-11-23-20(25)26-18-10-14(21)4-9-17(18)24-19(26)13-2-3-13/h4-11,13H,2-3,12H2,1H3. The lowest BCUT2D eigenvalue weighted by molar-refractivity contribution is 0.415. The molecule has 7 heteroatoms. The predicted octanol–water partition coefficient (Wildman–Crippen LogP) is 3.77. The zero-order chi connectivity index (χ0) is 18.4. The van der Waals surface area contributed by atoms with E-state index in [1.807, 2.05) is 33.7 Å². The fourth-order valence-electron chi connectivity index (χ4n) is 3.37. The second-order valence-corrected chi connectivity index (χ2v) is 6.71. The van der Waals surface area contributed by atoms with Gasteiger partial charge in [0.2, 0.25) is 5.96 Å². The zero-order valence-electron chi connectivity index (χ0n) is 14.8. The number of anilines is 1. The molecule has 0 radical (unpaired) electrons. The van der Waals surface area contributed by atoms with Gasteiger partial charge in [0.15, 0.2) is 0 Å². The van der Waals surface area contributed by atoms with Gasteiger partial charge in [-0.3, -0.25) is 14.5 Å². The molecule has 2 heterocycles. The molecule has 1 aliphatic carbocycles. The number of methoxy groups -OCH3 is 1. The minimum Gasteiger partial charge on any atom is -0.497 e. The van der Waals surface area contributed by atoms with Crippen LogP contribution in [0.1, 0.15) is 24.6 Å². The summed E-state index contributed by atoms with van der Waals surface area (Å²) in [6, 6.07) is 12.4. The minimum atomic E-state index is -0.285. The van der Waals surface area contributed by atoms with Crippen molar-refractivity contribution in [3.8, 4) is 5.75 Å². The Balaban J connectivity index is 1.67. The summed E-state index contributed by atoms with van der Waals surface area (Å²) in [6.45, 7) is 0.435. The van der Waals surface area contributed by atoms with Gasteiger partial charge in [-0.1, -0.05) is 0 Å². The number of rotatable bonds is 3. The molecule has 0 unspecified atom stereocenters. The van der Waals surface area contributed by atoms with Gasteiger partial charge in [0.1, 0.15) is 30.4 Å². The van der Waals surface area contributed by atoms with Crippen molar-refractivity contribution in [3.05, 3.63) is 54.1 Å². The predicted molar refractivity (Wildman–Crippen MR) is 103 cm³/mol. The SMILES string of the molecule is COc1ccc(N2CN=CN=C2n2c(C3CC3)nc3ccc(F)cc32)cc1. The molecule has 0 amide bonds. The molecule has 0 bridgehead atoms. The average molecular weight is 363 g/mol. The highest BCUT2D eigenvalue weighted by molar-refractivity contribution is 6.06. The largest absolute Gasteiger partial charge is 0.497 e. The molecule has 27 heavy (non-hydrogen) atoms. The Morgan fingerprint density at radius 2 is 1.93 bits per heavy atom. The van der Waals surface area contributed by atoms with Gasteiger partial charge in [-0.2, -0.15) is 0 Å². The fraction of sp³-hybridized carbons (Fsp3) is 0.250. The summed E-state index contributed by atoms with van der Waals surface area (Å²) in [4.78, 5) is 15.6. The Morgan fingerprint density at radius 1 is 1.11 bits per heavy atom. The van der Waals surface area contributed by atoms with Crippen molar-refractivity contribution in [1.29, 1.82) is 0 Å². The molecule has 5 rings (SSSR count). The van der Waals surface area contributed by atoms with E-state index in [9.17, 15) is 4.39 Å². The van der Waals surface area contributed by atoms with Gasteiger partial charge in [0.25, 0.3) is 0 Å². The van der Waals surface area contributed by atoms with Crippen molar-refractivity contribution >= 4 is 29.0 Å². The third-order valence-corrected chi connectivity index (χ3v) is 4.89. The number of benzene rings is 2. The lowest BCUT2D eigenvalue weighted by atomic mass is 10.2. The highest BCUT2D eigenvalue weighted by atomic mass is 19.1. The van der Waals surface area contributed by atoms with Gasteiger partial charge in [-0.25, -0.2) is 14.4 Å². The number of imidazole rings is 1. The van der Waals surface area contributed by atoms with Gasteiger partial charge in [-0.05, 0) is 49.2 Å². The number of nitrogens with zero attached hydrogens (tertiary/aromatic N) is 5. The molecule has 1 fully saturated rings. The number of aliphatic imine (C=N–C) groups is 2. The van der Waals surface area contributed by atoms with Crippen LogP contribution in [0.5, 0.6) is 5.75 Å². The van der Waals surface area contributed by atoms with Gasteiger partial charge in [-0.15, -0.1) is 0 Å². The normalized spacial score (nSPS) is 16.7. The second kappa shape index (κ2) is 6.19. The maximum Gasteiger partial charge on any atom is 0.219 e. The topological polar surface area (TPSA) is 55.0 Å². The van der Waals surface area contributed by atoms with E-state index >= 15 is 0 Å². The highest BCUT2D eigenvalue weighted by Gasteiger charge is 2.33. The van der Waals surface area contributed by atoms with Crippen LogP contribution in [0.2, 0.25) is 0 Å². The smallest absolute Gasteiger partial charge is 0.219 e. The van der Waals surface area contributed by atoms with E-state index < -0.39 is 0 Å². The lowest BCUT2D eigenvalue weighted by Crippen LogP contribution is -2.39. The van der Waals surface area contributed by atoms with Gasteiger partial charge in [0.05, 0.1) is 18.1 Å². The maximum absolute atomic E-state index is 14.0. The average Bonchev–Trinajstić information content (AvgIpc) is 3.49. The number of halogens is 1. The third kappa shape index (κ3) is 2.75. The van der Waals surface area contributed by atoms with E-state index in [4.69, 9.17) is 9.72 Å². The summed E-state index contributed by atoms with van der Waals surface area (Å²) in [6.07, 6.45) is 3.74. The molecule has 2 aliphatic rings. The van der Waals surface area contributed by atoms with Gasteiger partial charge >= 0.3 is 0 Å². The molecular formula is C20H18FN5O. The molecule has 6 nitrogen and oxygen atoms in total. The van der Waals surface area contributed by atoms with Crippen LogP contribution in [0, 0.1) is 5.82 Å². The number of ether oxygens (including phenoxy) is 1. The summed E-state index contributed by atoms with van der Waals surface area (Å²) in [5, 5.41) is 0. The summed E-state index contributed by atoms with van der Waals surface area (Å²) in [5.74, 6) is 2.51. The zero-order valence-corrected chi connectivity index (χ0v) is 14.8. The van der Waals surface area contributed by atoms with E-state index in [1.165, 1.54) is 12.1 Å². The van der Waals surface area contributed by atoms with E-state index in [2.05, 4.69) is 9.98 Å². The van der Waals surface area contributed by atoms with Crippen LogP contribution >= 0.6 is 0 Å². The van der Waals surface area contributed by atoms with E-state index in [-0.39, 0.29) is 5.82 Å². The quantitative estimate of drug-likeness (QED) is 0.712. The number of hydrogen-bond acceptors (Lipinski definition) is 5. The second-order valence-electron chi connectivity index (χ2n) is 6.71. The fourth-order valence-corrected chi connectivity index (χ4v) is 3.37. The molecule has 3 aromatic rings. The first-order valence-corrected chi connectivity index (χ1v) is 8.90. The Labute approximate surface area is 155 Å². The first-order valence-electron chi connectivity index (χ1n) is 8.90. The van der Waals surface area contributed by atoms with Crippen molar-refractivity contribution in [2.45, 2.75) is 18.8 Å². The molecule has 0 atom stereocenters. The molecule has 0 spiro atoms. The molecule has 2 aromatic carbocycles. The first kappa shape index (κ1) is 16.0. The third-order valence-electron chi connectivity index (χ3n) is 4.89. The molecule has 0 N–H and O–H groups in total. The van der Waals surface area contributed by atoms with E-state index in [0.717, 1.165) is 41.1 Å². The van der Waals surface area contributed by atoms with Crippen molar-refractivity contribution in [3.63, 3.8) is 0 Å². The van der Waals surface area contributed by atoms with Gasteiger partial charge < -0.3 is 4.74 Å². The Morgan fingerprint density at radius 3 is 2.67 bits per heavy atom. The minimum absolute atomic E-state index is 0.285. The van der Waals surface area contributed by atoms with E-state index in [1.54, 1.807) is 19.5 Å². The molecule has 1 saturated carbocycles. The van der Waals surface area contributed by atoms with E-state index in [0.29, 0.717) is 18.5 Å². The Bertz CT molecular complexity index is 1070. The number of aromatic nitrogens is 2. The first-order chi connectivity index (χ1) is 13.2. The lowest BCUT2D eigenvalue weighted by Gasteiger charge is -2.27. The van der Waals surface area contributed by atoms with Crippen molar-refractivity contribution in [1.82, 2.24) is 9.55 Å². The van der Waals surface area contributed by atoms with Crippen LogP contribution in [0.3, 0.4) is 0 Å². The molecule has 1 aromatic heterocycles. The highest BCUT2D eigenvalue weighted by Crippen LogP contribution is 2.41. The summed E-state index contributed by atoms with van der Waals surface area (Å²) in [5.41, 5.74) is 2.44. The van der Waals surface area contributed by atoms with Gasteiger partial charge in [0, 0.05) is 17.7 Å². The molecular weight excluding hydrogens is 345 g/mol. The molecule has 0 saturated heterocycles. The van der Waals surface area contributed by atoms with Crippen molar-refractivity contribution in [2.24, 2.45) is 9.98 Å².